The van der Waals surface area contributed by atoms with Gasteiger partial charge < -0.3 is 5.32 Å². The van der Waals surface area contributed by atoms with Crippen LogP contribution in [0.2, 0.25) is 0 Å². The molecule has 1 N–H and O–H groups in total. The van der Waals surface area contributed by atoms with E-state index < -0.39 is 0 Å². The molecule has 0 spiro atoms. The van der Waals surface area contributed by atoms with Crippen molar-refractivity contribution in [3.8, 4) is 0 Å². The summed E-state index contributed by atoms with van der Waals surface area (Å²) < 4.78 is 0. The van der Waals surface area contributed by atoms with Crippen LogP contribution in [-0.4, -0.2) is 16.8 Å². The Bertz CT molecular complexity index is 325. The van der Waals surface area contributed by atoms with Gasteiger partial charge in [0.25, 0.3) is 0 Å². The molecule has 2 nitrogen and oxygen atoms in total. The van der Waals surface area contributed by atoms with Crippen LogP contribution in [0, 0.1) is 23.7 Å². The van der Waals surface area contributed by atoms with Gasteiger partial charge in [0.1, 0.15) is 0 Å². The average Bonchev–Trinajstić information content (AvgIpc) is 2.99. The lowest BCUT2D eigenvalue weighted by Crippen LogP contribution is -2.53. The largest absolute Gasteiger partial charge is 0.350 e. The fourth-order valence-electron chi connectivity index (χ4n) is 3.90. The second kappa shape index (κ2) is 4.81. The van der Waals surface area contributed by atoms with Crippen molar-refractivity contribution in [2.45, 2.75) is 57.4 Å². The highest BCUT2D eigenvalue weighted by Crippen LogP contribution is 2.54. The number of hydrogen-bond acceptors (Lipinski definition) is 1. The van der Waals surface area contributed by atoms with Crippen LogP contribution in [0.25, 0.3) is 0 Å². The molecule has 0 aromatic carbocycles. The van der Waals surface area contributed by atoms with Gasteiger partial charge in [-0.2, -0.15) is 0 Å². The van der Waals surface area contributed by atoms with E-state index in [1.165, 1.54) is 19.3 Å². The van der Waals surface area contributed by atoms with Gasteiger partial charge in [0.15, 0.2) is 0 Å². The summed E-state index contributed by atoms with van der Waals surface area (Å²) in [7, 11) is 0. The average molecular weight is 314 g/mol. The van der Waals surface area contributed by atoms with Gasteiger partial charge in [-0.25, -0.2) is 0 Å². The van der Waals surface area contributed by atoms with Gasteiger partial charge in [-0.1, -0.05) is 22.9 Å². The minimum Gasteiger partial charge on any atom is -0.350 e. The van der Waals surface area contributed by atoms with E-state index in [2.05, 4.69) is 28.2 Å². The van der Waals surface area contributed by atoms with E-state index in [4.69, 9.17) is 0 Å². The summed E-state index contributed by atoms with van der Waals surface area (Å²) in [6, 6.07) is 0. The van der Waals surface area contributed by atoms with E-state index in [1.807, 2.05) is 0 Å². The van der Waals surface area contributed by atoms with Crippen molar-refractivity contribution in [1.29, 1.82) is 0 Å². The number of nitrogens with one attached hydrogen (secondary N) is 1. The maximum absolute atomic E-state index is 12.4. The van der Waals surface area contributed by atoms with Crippen molar-refractivity contribution >= 4 is 21.8 Å². The molecular weight excluding hydrogens is 290 g/mol. The van der Waals surface area contributed by atoms with Crippen molar-refractivity contribution in [3.63, 3.8) is 0 Å². The molecule has 0 aromatic rings. The first-order valence-corrected chi connectivity index (χ1v) is 8.62. The molecule has 102 valence electrons. The van der Waals surface area contributed by atoms with Crippen LogP contribution < -0.4 is 5.32 Å². The molecule has 3 fully saturated rings. The second-order valence-corrected chi connectivity index (χ2v) is 7.57. The fraction of sp³-hybridized carbons (Fsp3) is 0.933. The van der Waals surface area contributed by atoms with Gasteiger partial charge in [0.2, 0.25) is 5.91 Å². The smallest absolute Gasteiger partial charge is 0.223 e. The van der Waals surface area contributed by atoms with Gasteiger partial charge in [0.05, 0.1) is 0 Å². The molecule has 1 amide bonds. The molecule has 0 aliphatic heterocycles. The molecular formula is C15H24BrNO. The first-order chi connectivity index (χ1) is 8.62. The first-order valence-electron chi connectivity index (χ1n) is 7.50. The van der Waals surface area contributed by atoms with Gasteiger partial charge in [0, 0.05) is 16.8 Å². The van der Waals surface area contributed by atoms with E-state index in [1.54, 1.807) is 0 Å². The van der Waals surface area contributed by atoms with Crippen LogP contribution in [-0.2, 0) is 4.79 Å². The van der Waals surface area contributed by atoms with E-state index in [-0.39, 0.29) is 5.54 Å². The lowest BCUT2D eigenvalue weighted by Gasteiger charge is -2.39. The fourth-order valence-corrected chi connectivity index (χ4v) is 4.60. The monoisotopic (exact) mass is 313 g/mol. The second-order valence-electron chi connectivity index (χ2n) is 7.01. The lowest BCUT2D eigenvalue weighted by atomic mass is 9.78. The highest BCUT2D eigenvalue weighted by Gasteiger charge is 2.49. The number of halogens is 1. The maximum Gasteiger partial charge on any atom is 0.223 e. The Morgan fingerprint density at radius 2 is 1.83 bits per heavy atom. The Hall–Kier alpha value is -0.0500. The topological polar surface area (TPSA) is 29.1 Å². The Kier molecular flexibility index (Phi) is 3.46. The standard InChI is InChI=1S/C15H24BrNO/c1-10-2-4-15(9-16,5-3-10)17-14(18)13-7-11-6-12(11)8-13/h10-13H,2-9H2,1H3,(H,17,18). The SMILES string of the molecule is CC1CCC(CBr)(NC(=O)C2CC3CC3C2)CC1. The number of rotatable bonds is 3. The van der Waals surface area contributed by atoms with Crippen molar-refractivity contribution in [1.82, 2.24) is 5.32 Å². The minimum atomic E-state index is 0.0520. The van der Waals surface area contributed by atoms with Gasteiger partial charge in [-0.05, 0) is 62.7 Å². The molecule has 2 atom stereocenters. The summed E-state index contributed by atoms with van der Waals surface area (Å²) in [6.45, 7) is 2.32. The number of amides is 1. The molecule has 0 heterocycles. The third kappa shape index (κ3) is 2.48. The minimum absolute atomic E-state index is 0.0520. The number of fused-ring (bicyclic) bond motifs is 1. The Morgan fingerprint density at radius 3 is 2.39 bits per heavy atom. The zero-order valence-electron chi connectivity index (χ0n) is 11.3. The summed E-state index contributed by atoms with van der Waals surface area (Å²) in [5.74, 6) is 3.28. The normalized spacial score (nSPS) is 46.6. The van der Waals surface area contributed by atoms with Gasteiger partial charge in [-0.3, -0.25) is 4.79 Å². The molecule has 3 rings (SSSR count). The predicted molar refractivity (Wildman–Crippen MR) is 76.6 cm³/mol. The number of carbonyl (C=O) groups is 1. The molecule has 0 saturated heterocycles. The summed E-state index contributed by atoms with van der Waals surface area (Å²) in [5.41, 5.74) is 0.0520. The van der Waals surface area contributed by atoms with Crippen LogP contribution in [0.4, 0.5) is 0 Å². The predicted octanol–water partition coefficient (Wildman–Crippen LogP) is 3.49. The third-order valence-corrected chi connectivity index (χ3v) is 6.56. The lowest BCUT2D eigenvalue weighted by molar-refractivity contribution is -0.127. The van der Waals surface area contributed by atoms with E-state index in [9.17, 15) is 4.79 Å². The summed E-state index contributed by atoms with van der Waals surface area (Å²) in [4.78, 5) is 12.4. The van der Waals surface area contributed by atoms with Crippen LogP contribution >= 0.6 is 15.9 Å². The zero-order valence-corrected chi connectivity index (χ0v) is 12.8. The van der Waals surface area contributed by atoms with Crippen molar-refractivity contribution in [2.24, 2.45) is 23.7 Å². The Balaban J connectivity index is 1.57. The number of alkyl halides is 1. The summed E-state index contributed by atoms with van der Waals surface area (Å²) >= 11 is 3.63. The van der Waals surface area contributed by atoms with Crippen LogP contribution in [0.15, 0.2) is 0 Å². The van der Waals surface area contributed by atoms with E-state index in [0.29, 0.717) is 11.8 Å². The van der Waals surface area contributed by atoms with Crippen LogP contribution in [0.3, 0.4) is 0 Å². The van der Waals surface area contributed by atoms with E-state index in [0.717, 1.165) is 48.8 Å². The Morgan fingerprint density at radius 1 is 1.22 bits per heavy atom. The molecule has 0 bridgehead atoms. The molecule has 2 unspecified atom stereocenters. The van der Waals surface area contributed by atoms with Crippen molar-refractivity contribution in [3.05, 3.63) is 0 Å². The number of carbonyl (C=O) groups excluding carboxylic acids is 1. The number of hydrogen-bond donors (Lipinski definition) is 1. The summed E-state index contributed by atoms with van der Waals surface area (Å²) in [6.07, 6.45) is 8.50. The third-order valence-electron chi connectivity index (χ3n) is 5.49. The molecule has 0 radical (unpaired) electrons. The Labute approximate surface area is 118 Å². The van der Waals surface area contributed by atoms with E-state index >= 15 is 0 Å². The van der Waals surface area contributed by atoms with Gasteiger partial charge >= 0.3 is 0 Å². The van der Waals surface area contributed by atoms with Crippen molar-refractivity contribution < 1.29 is 4.79 Å². The molecule has 0 aromatic heterocycles. The molecule has 18 heavy (non-hydrogen) atoms. The quantitative estimate of drug-likeness (QED) is 0.794. The highest BCUT2D eigenvalue weighted by atomic mass is 79.9. The first kappa shape index (κ1) is 13.0. The van der Waals surface area contributed by atoms with Gasteiger partial charge in [-0.15, -0.1) is 0 Å². The van der Waals surface area contributed by atoms with Crippen LogP contribution in [0.1, 0.15) is 51.9 Å². The molecule has 3 heteroatoms. The highest BCUT2D eigenvalue weighted by molar-refractivity contribution is 9.09. The molecule has 3 aliphatic carbocycles. The van der Waals surface area contributed by atoms with Crippen molar-refractivity contribution in [2.75, 3.05) is 5.33 Å². The maximum atomic E-state index is 12.4. The molecule has 3 aliphatic rings. The molecule has 3 saturated carbocycles. The summed E-state index contributed by atoms with van der Waals surface area (Å²) in [5, 5.41) is 4.31. The van der Waals surface area contributed by atoms with Crippen LogP contribution in [0.5, 0.6) is 0 Å². The zero-order chi connectivity index (χ0) is 12.8.